The van der Waals surface area contributed by atoms with Crippen molar-refractivity contribution >= 4 is 11.3 Å². The van der Waals surface area contributed by atoms with E-state index >= 15 is 0 Å². The Balaban J connectivity index is 1.89. The Morgan fingerprint density at radius 3 is 2.82 bits per heavy atom. The van der Waals surface area contributed by atoms with Gasteiger partial charge < -0.3 is 9.84 Å². The second kappa shape index (κ2) is 7.59. The van der Waals surface area contributed by atoms with E-state index in [2.05, 4.69) is 56.7 Å². The van der Waals surface area contributed by atoms with Crippen LogP contribution in [0.5, 0.6) is 11.5 Å². The number of ether oxygens (including phenoxy) is 1. The van der Waals surface area contributed by atoms with Gasteiger partial charge >= 0.3 is 0 Å². The van der Waals surface area contributed by atoms with E-state index in [0.29, 0.717) is 11.7 Å². The number of thiophene rings is 1. The maximum atomic E-state index is 11.5. The maximum Gasteiger partial charge on any atom is 0.131 e. The number of rotatable bonds is 5. The lowest BCUT2D eigenvalue weighted by atomic mass is 9.67. The van der Waals surface area contributed by atoms with E-state index in [1.807, 2.05) is 0 Å². The number of fused-ring (bicyclic) bond motifs is 3. The lowest BCUT2D eigenvalue weighted by Gasteiger charge is -2.46. The van der Waals surface area contributed by atoms with Gasteiger partial charge in [-0.15, -0.1) is 0 Å². The van der Waals surface area contributed by atoms with Crippen molar-refractivity contribution in [2.75, 3.05) is 0 Å². The summed E-state index contributed by atoms with van der Waals surface area (Å²) in [5.74, 6) is 1.96. The van der Waals surface area contributed by atoms with Crippen LogP contribution in [0, 0.1) is 5.92 Å². The first-order chi connectivity index (χ1) is 13.4. The lowest BCUT2D eigenvalue weighted by Crippen LogP contribution is -2.45. The Labute approximate surface area is 173 Å². The first-order valence-electron chi connectivity index (χ1n) is 10.7. The Hall–Kier alpha value is -1.74. The van der Waals surface area contributed by atoms with Gasteiger partial charge in [-0.1, -0.05) is 31.4 Å². The highest BCUT2D eigenvalue weighted by atomic mass is 32.1. The van der Waals surface area contributed by atoms with Crippen LogP contribution in [0.25, 0.3) is 11.1 Å². The molecule has 0 saturated carbocycles. The van der Waals surface area contributed by atoms with Crippen LogP contribution in [0.1, 0.15) is 76.8 Å². The van der Waals surface area contributed by atoms with Gasteiger partial charge in [0.05, 0.1) is 0 Å². The second-order valence-corrected chi connectivity index (χ2v) is 9.81. The average molecular weight is 397 g/mol. The average Bonchev–Trinajstić information content (AvgIpc) is 3.15. The van der Waals surface area contributed by atoms with Crippen LogP contribution in [0.3, 0.4) is 0 Å². The fourth-order valence-corrected chi connectivity index (χ4v) is 5.75. The molecule has 0 saturated heterocycles. The number of unbranched alkanes of at least 4 members (excludes halogenated alkanes) is 2. The molecule has 1 unspecified atom stereocenters. The predicted octanol–water partition coefficient (Wildman–Crippen LogP) is 7.46. The van der Waals surface area contributed by atoms with Crippen molar-refractivity contribution < 1.29 is 9.84 Å². The number of aromatic hydroxyl groups is 1. The SMILES string of the molecule is CCCCCc1cc2c(c(O)c1-c1ccsc1)C1C=C(C)CC[C@H]1C(C)(C)O2. The third-order valence-corrected chi connectivity index (χ3v) is 7.27. The smallest absolute Gasteiger partial charge is 0.131 e. The van der Waals surface area contributed by atoms with Crippen molar-refractivity contribution in [3.63, 3.8) is 0 Å². The normalized spacial score (nSPS) is 22.8. The van der Waals surface area contributed by atoms with Crippen LogP contribution in [0.2, 0.25) is 0 Å². The van der Waals surface area contributed by atoms with Crippen molar-refractivity contribution in [1.29, 1.82) is 0 Å². The summed E-state index contributed by atoms with van der Waals surface area (Å²) in [6, 6.07) is 4.36. The van der Waals surface area contributed by atoms with Crippen LogP contribution in [-0.2, 0) is 6.42 Å². The molecule has 1 aliphatic heterocycles. The molecule has 1 aromatic carbocycles. The van der Waals surface area contributed by atoms with Crippen LogP contribution in [0.4, 0.5) is 0 Å². The van der Waals surface area contributed by atoms with Crippen LogP contribution in [0.15, 0.2) is 34.5 Å². The summed E-state index contributed by atoms with van der Waals surface area (Å²) in [6.07, 6.45) is 9.14. The van der Waals surface area contributed by atoms with Crippen molar-refractivity contribution in [1.82, 2.24) is 0 Å². The number of aryl methyl sites for hydroxylation is 1. The number of benzene rings is 1. The molecule has 2 heterocycles. The lowest BCUT2D eigenvalue weighted by molar-refractivity contribution is 0.0108. The van der Waals surface area contributed by atoms with Gasteiger partial charge in [0.1, 0.15) is 17.1 Å². The molecule has 1 aromatic heterocycles. The van der Waals surface area contributed by atoms with E-state index in [1.165, 1.54) is 24.0 Å². The molecule has 2 aliphatic rings. The van der Waals surface area contributed by atoms with E-state index in [9.17, 15) is 5.11 Å². The van der Waals surface area contributed by atoms with Crippen molar-refractivity contribution in [2.45, 2.75) is 77.7 Å². The van der Waals surface area contributed by atoms with Gasteiger partial charge in [0.25, 0.3) is 0 Å². The summed E-state index contributed by atoms with van der Waals surface area (Å²) in [6.45, 7) is 8.87. The predicted molar refractivity (Wildman–Crippen MR) is 119 cm³/mol. The highest BCUT2D eigenvalue weighted by Crippen LogP contribution is 2.56. The second-order valence-electron chi connectivity index (χ2n) is 9.03. The zero-order chi connectivity index (χ0) is 19.9. The van der Waals surface area contributed by atoms with Gasteiger partial charge in [-0.25, -0.2) is 0 Å². The standard InChI is InChI=1S/C25H32O2S/c1-5-6-7-8-17-14-21-23(24(26)22(17)18-11-12-28-15-18)19-13-16(2)9-10-20(19)25(3,4)27-21/h11-15,19-20,26H,5-10H2,1-4H3/t19?,20-/m1/s1. The molecular formula is C25H32O2S. The number of phenolic OH excluding ortho intramolecular Hbond substituents is 1. The molecule has 0 bridgehead atoms. The first kappa shape index (κ1) is 19.6. The number of phenols is 1. The minimum atomic E-state index is -0.216. The fourth-order valence-electron chi connectivity index (χ4n) is 5.10. The van der Waals surface area contributed by atoms with Gasteiger partial charge in [-0.05, 0) is 80.5 Å². The molecule has 2 nitrogen and oxygen atoms in total. The molecular weight excluding hydrogens is 364 g/mol. The molecule has 0 amide bonds. The Morgan fingerprint density at radius 2 is 2.11 bits per heavy atom. The van der Waals surface area contributed by atoms with Crippen molar-refractivity contribution in [2.24, 2.45) is 5.92 Å². The Kier molecular flexibility index (Phi) is 5.30. The third-order valence-electron chi connectivity index (χ3n) is 6.59. The molecule has 0 fully saturated rings. The van der Waals surface area contributed by atoms with Crippen LogP contribution in [-0.4, -0.2) is 10.7 Å². The minimum Gasteiger partial charge on any atom is -0.507 e. The summed E-state index contributed by atoms with van der Waals surface area (Å²) >= 11 is 1.69. The molecule has 150 valence electrons. The van der Waals surface area contributed by atoms with Gasteiger partial charge in [-0.2, -0.15) is 11.3 Å². The summed E-state index contributed by atoms with van der Waals surface area (Å²) in [5.41, 5.74) is 5.59. The summed E-state index contributed by atoms with van der Waals surface area (Å²) in [5, 5.41) is 15.8. The zero-order valence-corrected chi connectivity index (χ0v) is 18.4. The van der Waals surface area contributed by atoms with E-state index in [0.717, 1.165) is 48.1 Å². The number of hydrogen-bond donors (Lipinski definition) is 1. The summed E-state index contributed by atoms with van der Waals surface area (Å²) in [7, 11) is 0. The Morgan fingerprint density at radius 1 is 1.29 bits per heavy atom. The van der Waals surface area contributed by atoms with Crippen molar-refractivity contribution in [3.8, 4) is 22.6 Å². The quantitative estimate of drug-likeness (QED) is 0.420. The van der Waals surface area contributed by atoms with Crippen LogP contribution < -0.4 is 4.74 Å². The summed E-state index contributed by atoms with van der Waals surface area (Å²) in [4.78, 5) is 0. The molecule has 3 heteroatoms. The molecule has 2 aromatic rings. The summed E-state index contributed by atoms with van der Waals surface area (Å²) < 4.78 is 6.54. The fraction of sp³-hybridized carbons (Fsp3) is 0.520. The minimum absolute atomic E-state index is 0.216. The zero-order valence-electron chi connectivity index (χ0n) is 17.5. The Bertz CT molecular complexity index is 876. The first-order valence-corrected chi connectivity index (χ1v) is 11.6. The molecule has 1 aliphatic carbocycles. The molecule has 28 heavy (non-hydrogen) atoms. The number of hydrogen-bond acceptors (Lipinski definition) is 3. The van der Waals surface area contributed by atoms with Gasteiger partial charge in [0, 0.05) is 23.0 Å². The largest absolute Gasteiger partial charge is 0.507 e. The molecule has 4 rings (SSSR count). The van der Waals surface area contributed by atoms with E-state index in [4.69, 9.17) is 4.74 Å². The van der Waals surface area contributed by atoms with Crippen LogP contribution >= 0.6 is 11.3 Å². The third kappa shape index (κ3) is 3.39. The van der Waals surface area contributed by atoms with E-state index in [1.54, 1.807) is 11.3 Å². The van der Waals surface area contributed by atoms with Gasteiger partial charge in [0.15, 0.2) is 0 Å². The maximum absolute atomic E-state index is 11.5. The molecule has 2 atom stereocenters. The molecule has 0 spiro atoms. The van der Waals surface area contributed by atoms with Gasteiger partial charge in [-0.3, -0.25) is 0 Å². The van der Waals surface area contributed by atoms with E-state index in [-0.39, 0.29) is 11.5 Å². The molecule has 0 radical (unpaired) electrons. The van der Waals surface area contributed by atoms with Gasteiger partial charge in [0.2, 0.25) is 0 Å². The molecule has 1 N–H and O–H groups in total. The number of allylic oxidation sites excluding steroid dienone is 2. The highest BCUT2D eigenvalue weighted by molar-refractivity contribution is 7.08. The van der Waals surface area contributed by atoms with Crippen molar-refractivity contribution in [3.05, 3.63) is 45.7 Å². The topological polar surface area (TPSA) is 29.5 Å². The highest BCUT2D eigenvalue weighted by Gasteiger charge is 2.45. The monoisotopic (exact) mass is 396 g/mol. The van der Waals surface area contributed by atoms with E-state index < -0.39 is 0 Å².